The van der Waals surface area contributed by atoms with Gasteiger partial charge in [-0.05, 0) is 38.0 Å². The van der Waals surface area contributed by atoms with Crippen molar-refractivity contribution in [3.8, 4) is 0 Å². The second-order valence-electron chi connectivity index (χ2n) is 4.89. The van der Waals surface area contributed by atoms with Crippen LogP contribution in [0.5, 0.6) is 0 Å². The van der Waals surface area contributed by atoms with Crippen LogP contribution in [0.1, 0.15) is 19.8 Å². The highest BCUT2D eigenvalue weighted by Gasteiger charge is 2.46. The minimum absolute atomic E-state index is 0.0644. The molecule has 2 N–H and O–H groups in total. The van der Waals surface area contributed by atoms with Gasteiger partial charge in [0.2, 0.25) is 0 Å². The third-order valence-electron chi connectivity index (χ3n) is 3.52. The molecule has 1 atom stereocenters. The predicted octanol–water partition coefficient (Wildman–Crippen LogP) is 2.95. The second-order valence-corrected chi connectivity index (χ2v) is 5.30. The van der Waals surface area contributed by atoms with Crippen molar-refractivity contribution >= 4 is 29.3 Å². The number of urea groups is 1. The number of rotatable bonds is 2. The average molecular weight is 301 g/mol. The number of hydrogen-bond acceptors (Lipinski definition) is 2. The molecule has 0 radical (unpaired) electrons. The number of nitrogens with one attached hydrogen (secondary N) is 1. The van der Waals surface area contributed by atoms with Crippen molar-refractivity contribution in [2.45, 2.75) is 25.3 Å². The standard InChI is InChI=1S/C13H14ClFN2O3/c1-13(11(18)19)5-2-6-17(13)12(20)16-10-4-3-8(15)7-9(10)14/h3-4,7H,2,5-6H2,1H3,(H,16,20)(H,18,19). The number of carboxylic acids is 1. The molecule has 1 aliphatic heterocycles. The van der Waals surface area contributed by atoms with E-state index >= 15 is 0 Å². The van der Waals surface area contributed by atoms with Crippen molar-refractivity contribution in [3.63, 3.8) is 0 Å². The summed E-state index contributed by atoms with van der Waals surface area (Å²) in [5.41, 5.74) is -0.978. The van der Waals surface area contributed by atoms with E-state index in [0.29, 0.717) is 19.4 Å². The molecular formula is C13H14ClFN2O3. The number of aliphatic carboxylic acids is 1. The first-order valence-electron chi connectivity index (χ1n) is 6.11. The van der Waals surface area contributed by atoms with Crippen LogP contribution in [-0.2, 0) is 4.79 Å². The Balaban J connectivity index is 2.18. The van der Waals surface area contributed by atoms with Crippen molar-refractivity contribution in [1.29, 1.82) is 0 Å². The summed E-state index contributed by atoms with van der Waals surface area (Å²) in [5, 5.41) is 11.8. The predicted molar refractivity (Wildman–Crippen MR) is 72.4 cm³/mol. The minimum Gasteiger partial charge on any atom is -0.480 e. The molecule has 0 bridgehead atoms. The number of carbonyl (C=O) groups is 2. The Hall–Kier alpha value is -1.82. The van der Waals surface area contributed by atoms with Gasteiger partial charge in [0.05, 0.1) is 10.7 Å². The SMILES string of the molecule is CC1(C(=O)O)CCCN1C(=O)Nc1ccc(F)cc1Cl. The molecular weight excluding hydrogens is 287 g/mol. The molecule has 1 fully saturated rings. The van der Waals surface area contributed by atoms with Crippen LogP contribution in [-0.4, -0.2) is 34.1 Å². The molecule has 1 unspecified atom stereocenters. The van der Waals surface area contributed by atoms with Crippen LogP contribution < -0.4 is 5.32 Å². The van der Waals surface area contributed by atoms with Crippen LogP contribution in [0.2, 0.25) is 5.02 Å². The van der Waals surface area contributed by atoms with E-state index in [-0.39, 0.29) is 10.7 Å². The Morgan fingerprint density at radius 1 is 1.50 bits per heavy atom. The molecule has 1 aliphatic rings. The molecule has 1 aromatic rings. The Morgan fingerprint density at radius 2 is 2.20 bits per heavy atom. The fourth-order valence-electron chi connectivity index (χ4n) is 2.28. The third-order valence-corrected chi connectivity index (χ3v) is 3.83. The van der Waals surface area contributed by atoms with Gasteiger partial charge in [0, 0.05) is 6.54 Å². The number of nitrogens with zero attached hydrogens (tertiary/aromatic N) is 1. The van der Waals surface area contributed by atoms with Gasteiger partial charge in [0.25, 0.3) is 0 Å². The van der Waals surface area contributed by atoms with E-state index in [2.05, 4.69) is 5.32 Å². The normalized spacial score (nSPS) is 21.9. The molecule has 0 saturated carbocycles. The van der Waals surface area contributed by atoms with Crippen LogP contribution in [0.3, 0.4) is 0 Å². The Bertz CT molecular complexity index is 567. The summed E-state index contributed by atoms with van der Waals surface area (Å²) in [6.07, 6.45) is 1.01. The van der Waals surface area contributed by atoms with E-state index in [1.807, 2.05) is 0 Å². The fraction of sp³-hybridized carbons (Fsp3) is 0.385. The summed E-state index contributed by atoms with van der Waals surface area (Å²) < 4.78 is 12.9. The lowest BCUT2D eigenvalue weighted by molar-refractivity contribution is -0.146. The molecule has 7 heteroatoms. The quantitative estimate of drug-likeness (QED) is 0.882. The van der Waals surface area contributed by atoms with E-state index in [4.69, 9.17) is 11.6 Å². The van der Waals surface area contributed by atoms with Crippen LogP contribution in [0.4, 0.5) is 14.9 Å². The number of benzene rings is 1. The summed E-state index contributed by atoms with van der Waals surface area (Å²) in [6.45, 7) is 1.86. The Labute approximate surface area is 120 Å². The van der Waals surface area contributed by atoms with E-state index < -0.39 is 23.4 Å². The van der Waals surface area contributed by atoms with Gasteiger partial charge in [-0.1, -0.05) is 11.6 Å². The number of hydrogen-bond donors (Lipinski definition) is 2. The molecule has 5 nitrogen and oxygen atoms in total. The summed E-state index contributed by atoms with van der Waals surface area (Å²) in [6, 6.07) is 3.03. The van der Waals surface area contributed by atoms with Gasteiger partial charge in [-0.3, -0.25) is 0 Å². The summed E-state index contributed by atoms with van der Waals surface area (Å²) in [7, 11) is 0. The summed E-state index contributed by atoms with van der Waals surface area (Å²) >= 11 is 5.82. The van der Waals surface area contributed by atoms with Crippen LogP contribution >= 0.6 is 11.6 Å². The number of carbonyl (C=O) groups excluding carboxylic acids is 1. The molecule has 1 heterocycles. The number of likely N-dealkylation sites (tertiary alicyclic amines) is 1. The van der Waals surface area contributed by atoms with Crippen molar-refractivity contribution in [1.82, 2.24) is 4.90 Å². The van der Waals surface area contributed by atoms with Gasteiger partial charge in [0.1, 0.15) is 11.4 Å². The maximum Gasteiger partial charge on any atom is 0.329 e. The number of carboxylic acid groups (broad SMARTS) is 1. The Kier molecular flexibility index (Phi) is 3.85. The van der Waals surface area contributed by atoms with Crippen LogP contribution in [0.25, 0.3) is 0 Å². The highest BCUT2D eigenvalue weighted by Crippen LogP contribution is 2.31. The lowest BCUT2D eigenvalue weighted by Gasteiger charge is -2.31. The lowest BCUT2D eigenvalue weighted by atomic mass is 10.00. The van der Waals surface area contributed by atoms with Crippen molar-refractivity contribution < 1.29 is 19.1 Å². The van der Waals surface area contributed by atoms with Crippen molar-refractivity contribution in [2.24, 2.45) is 0 Å². The third kappa shape index (κ3) is 2.56. The molecule has 1 aromatic carbocycles. The topological polar surface area (TPSA) is 69.6 Å². The van der Waals surface area contributed by atoms with E-state index in [1.54, 1.807) is 0 Å². The minimum atomic E-state index is -1.23. The maximum atomic E-state index is 12.9. The molecule has 0 aromatic heterocycles. The highest BCUT2D eigenvalue weighted by atomic mass is 35.5. The smallest absolute Gasteiger partial charge is 0.329 e. The molecule has 0 aliphatic carbocycles. The van der Waals surface area contributed by atoms with Gasteiger partial charge in [0.15, 0.2) is 0 Å². The maximum absolute atomic E-state index is 12.9. The van der Waals surface area contributed by atoms with Crippen LogP contribution in [0.15, 0.2) is 18.2 Å². The fourth-order valence-corrected chi connectivity index (χ4v) is 2.50. The zero-order chi connectivity index (χ0) is 14.9. The van der Waals surface area contributed by atoms with Crippen LogP contribution in [0, 0.1) is 5.82 Å². The molecule has 0 spiro atoms. The van der Waals surface area contributed by atoms with Gasteiger partial charge < -0.3 is 15.3 Å². The van der Waals surface area contributed by atoms with E-state index in [1.165, 1.54) is 24.0 Å². The van der Waals surface area contributed by atoms with Crippen molar-refractivity contribution in [2.75, 3.05) is 11.9 Å². The summed E-state index contributed by atoms with van der Waals surface area (Å²) in [5.74, 6) is -1.56. The van der Waals surface area contributed by atoms with Gasteiger partial charge in [-0.25, -0.2) is 14.0 Å². The zero-order valence-corrected chi connectivity index (χ0v) is 11.6. The first-order valence-corrected chi connectivity index (χ1v) is 6.49. The number of amides is 2. The first-order chi connectivity index (χ1) is 9.34. The number of halogens is 2. The highest BCUT2D eigenvalue weighted by molar-refractivity contribution is 6.33. The molecule has 2 rings (SSSR count). The van der Waals surface area contributed by atoms with Crippen molar-refractivity contribution in [3.05, 3.63) is 29.0 Å². The monoisotopic (exact) mass is 300 g/mol. The summed E-state index contributed by atoms with van der Waals surface area (Å²) in [4.78, 5) is 24.7. The molecule has 1 saturated heterocycles. The largest absolute Gasteiger partial charge is 0.480 e. The lowest BCUT2D eigenvalue weighted by Crippen LogP contribution is -2.52. The van der Waals surface area contributed by atoms with E-state index in [9.17, 15) is 19.1 Å². The molecule has 2 amide bonds. The van der Waals surface area contributed by atoms with E-state index in [0.717, 1.165) is 6.07 Å². The second kappa shape index (κ2) is 5.28. The Morgan fingerprint density at radius 3 is 2.80 bits per heavy atom. The average Bonchev–Trinajstić information content (AvgIpc) is 2.76. The van der Waals surface area contributed by atoms with Gasteiger partial charge >= 0.3 is 12.0 Å². The first kappa shape index (κ1) is 14.6. The number of anilines is 1. The molecule has 20 heavy (non-hydrogen) atoms. The zero-order valence-electron chi connectivity index (χ0n) is 10.8. The molecule has 108 valence electrons. The van der Waals surface area contributed by atoms with Gasteiger partial charge in [-0.15, -0.1) is 0 Å². The van der Waals surface area contributed by atoms with Gasteiger partial charge in [-0.2, -0.15) is 0 Å².